The molecule has 152 valence electrons. The summed E-state index contributed by atoms with van der Waals surface area (Å²) in [5.41, 5.74) is 7.37. The Morgan fingerprint density at radius 3 is 2.28 bits per heavy atom. The van der Waals surface area contributed by atoms with Crippen LogP contribution >= 0.6 is 12.2 Å². The van der Waals surface area contributed by atoms with Crippen LogP contribution < -0.4 is 20.9 Å². The number of carbonyl (C=O) groups is 2. The summed E-state index contributed by atoms with van der Waals surface area (Å²) in [7, 11) is 1.56. The molecule has 29 heavy (non-hydrogen) atoms. The smallest absolute Gasteiger partial charge is 0.269 e. The van der Waals surface area contributed by atoms with Crippen LogP contribution in [0.15, 0.2) is 54.6 Å². The molecule has 0 aliphatic carbocycles. The number of para-hydroxylation sites is 1. The molecule has 2 amide bonds. The van der Waals surface area contributed by atoms with Gasteiger partial charge in [0.15, 0.2) is 5.11 Å². The van der Waals surface area contributed by atoms with Gasteiger partial charge in [0.1, 0.15) is 5.75 Å². The van der Waals surface area contributed by atoms with E-state index in [1.165, 1.54) is 6.08 Å². The molecule has 0 aliphatic heterocycles. The van der Waals surface area contributed by atoms with Crippen molar-refractivity contribution in [1.29, 1.82) is 0 Å². The number of benzene rings is 2. The summed E-state index contributed by atoms with van der Waals surface area (Å²) in [6.45, 7) is 6.31. The van der Waals surface area contributed by atoms with Crippen LogP contribution in [-0.4, -0.2) is 24.0 Å². The molecule has 0 fully saturated rings. The van der Waals surface area contributed by atoms with Gasteiger partial charge in [0.25, 0.3) is 5.91 Å². The topological polar surface area (TPSA) is 79.5 Å². The van der Waals surface area contributed by atoms with E-state index >= 15 is 0 Å². The average Bonchev–Trinajstić information content (AvgIpc) is 2.70. The first-order valence-corrected chi connectivity index (χ1v) is 9.44. The summed E-state index contributed by atoms with van der Waals surface area (Å²) in [5, 5.41) is 2.45. The van der Waals surface area contributed by atoms with Crippen molar-refractivity contribution in [2.24, 2.45) is 0 Å². The first-order chi connectivity index (χ1) is 13.7. The van der Waals surface area contributed by atoms with Crippen molar-refractivity contribution < 1.29 is 14.3 Å². The number of rotatable bonds is 4. The minimum absolute atomic E-state index is 0.0103. The van der Waals surface area contributed by atoms with E-state index in [2.05, 4.69) is 36.9 Å². The molecule has 2 rings (SSSR count). The molecule has 0 spiro atoms. The van der Waals surface area contributed by atoms with E-state index in [-0.39, 0.29) is 16.4 Å². The molecule has 2 aromatic rings. The monoisotopic (exact) mass is 411 g/mol. The fourth-order valence-corrected chi connectivity index (χ4v) is 2.61. The highest BCUT2D eigenvalue weighted by molar-refractivity contribution is 7.80. The molecule has 0 bridgehead atoms. The van der Waals surface area contributed by atoms with Gasteiger partial charge in [-0.25, -0.2) is 0 Å². The number of hydrogen-bond acceptors (Lipinski definition) is 4. The second kappa shape index (κ2) is 9.84. The third-order valence-electron chi connectivity index (χ3n) is 4.09. The Balaban J connectivity index is 1.85. The highest BCUT2D eigenvalue weighted by Gasteiger charge is 2.14. The number of hydrazine groups is 1. The molecule has 2 aromatic carbocycles. The van der Waals surface area contributed by atoms with E-state index in [9.17, 15) is 9.59 Å². The van der Waals surface area contributed by atoms with Crippen molar-refractivity contribution in [2.45, 2.75) is 26.2 Å². The lowest BCUT2D eigenvalue weighted by molar-refractivity contribution is -0.115. The molecule has 0 aromatic heterocycles. The van der Waals surface area contributed by atoms with Crippen LogP contribution in [0.5, 0.6) is 5.75 Å². The molecule has 0 saturated carbocycles. The van der Waals surface area contributed by atoms with Gasteiger partial charge in [-0.05, 0) is 47.5 Å². The Morgan fingerprint density at radius 1 is 1.00 bits per heavy atom. The molecule has 0 atom stereocenters. The van der Waals surface area contributed by atoms with Gasteiger partial charge in [-0.15, -0.1) is 0 Å². The second-order valence-corrected chi connectivity index (χ2v) is 7.71. The number of nitrogens with one attached hydrogen (secondary N) is 3. The van der Waals surface area contributed by atoms with E-state index < -0.39 is 5.91 Å². The van der Waals surface area contributed by atoms with Crippen LogP contribution in [0.4, 0.5) is 0 Å². The van der Waals surface area contributed by atoms with Crippen molar-refractivity contribution >= 4 is 35.2 Å². The lowest BCUT2D eigenvalue weighted by atomic mass is 9.87. The van der Waals surface area contributed by atoms with Crippen molar-refractivity contribution in [3.63, 3.8) is 0 Å². The predicted molar refractivity (Wildman–Crippen MR) is 119 cm³/mol. The van der Waals surface area contributed by atoms with Crippen molar-refractivity contribution in [3.05, 3.63) is 71.3 Å². The molecule has 7 heteroatoms. The van der Waals surface area contributed by atoms with Crippen molar-refractivity contribution in [2.75, 3.05) is 7.11 Å². The zero-order valence-corrected chi connectivity index (χ0v) is 17.7. The summed E-state index contributed by atoms with van der Waals surface area (Å²) in [6.07, 6.45) is 2.95. The van der Waals surface area contributed by atoms with Gasteiger partial charge in [-0.3, -0.25) is 25.8 Å². The molecular weight excluding hydrogens is 386 g/mol. The third-order valence-corrected chi connectivity index (χ3v) is 4.30. The quantitative estimate of drug-likeness (QED) is 0.409. The molecule has 0 radical (unpaired) electrons. The number of thiocarbonyl (C=S) groups is 1. The van der Waals surface area contributed by atoms with Gasteiger partial charge in [-0.2, -0.15) is 0 Å². The lowest BCUT2D eigenvalue weighted by Gasteiger charge is -2.19. The summed E-state index contributed by atoms with van der Waals surface area (Å²) in [4.78, 5) is 24.2. The van der Waals surface area contributed by atoms with Gasteiger partial charge in [0, 0.05) is 17.2 Å². The molecule has 3 N–H and O–H groups in total. The maximum absolute atomic E-state index is 12.2. The highest BCUT2D eigenvalue weighted by Crippen LogP contribution is 2.22. The Morgan fingerprint density at radius 2 is 1.66 bits per heavy atom. The fourth-order valence-electron chi connectivity index (χ4n) is 2.46. The van der Waals surface area contributed by atoms with Gasteiger partial charge < -0.3 is 4.74 Å². The summed E-state index contributed by atoms with van der Waals surface area (Å²) in [5.74, 6) is -0.134. The third kappa shape index (κ3) is 6.73. The predicted octanol–water partition coefficient (Wildman–Crippen LogP) is 3.34. The van der Waals surface area contributed by atoms with Crippen molar-refractivity contribution in [1.82, 2.24) is 16.2 Å². The molecule has 0 heterocycles. The fraction of sp³-hybridized carbons (Fsp3) is 0.227. The minimum Gasteiger partial charge on any atom is -0.496 e. The van der Waals surface area contributed by atoms with Crippen LogP contribution in [-0.2, 0) is 10.2 Å². The Labute approximate surface area is 176 Å². The number of amides is 2. The number of carbonyl (C=O) groups excluding carboxylic acids is 2. The number of methoxy groups -OCH3 is 1. The van der Waals surface area contributed by atoms with Gasteiger partial charge in [0.05, 0.1) is 7.11 Å². The maximum Gasteiger partial charge on any atom is 0.269 e. The lowest BCUT2D eigenvalue weighted by Crippen LogP contribution is -2.48. The van der Waals surface area contributed by atoms with Crippen LogP contribution in [0.2, 0.25) is 0 Å². The van der Waals surface area contributed by atoms with E-state index in [4.69, 9.17) is 17.0 Å². The Hall–Kier alpha value is -3.19. The second-order valence-electron chi connectivity index (χ2n) is 7.30. The van der Waals surface area contributed by atoms with E-state index in [1.54, 1.807) is 31.4 Å². The normalized spacial score (nSPS) is 11.0. The molecule has 0 unspecified atom stereocenters. The number of hydrogen-bond donors (Lipinski definition) is 3. The maximum atomic E-state index is 12.2. The van der Waals surface area contributed by atoms with Crippen molar-refractivity contribution in [3.8, 4) is 5.75 Å². The Kier molecular flexibility index (Phi) is 7.50. The zero-order chi connectivity index (χ0) is 21.4. The number of ether oxygens (including phenoxy) is 1. The molecule has 6 nitrogen and oxygen atoms in total. The summed E-state index contributed by atoms with van der Waals surface area (Å²) in [6, 6.07) is 14.6. The first-order valence-electron chi connectivity index (χ1n) is 9.03. The van der Waals surface area contributed by atoms with Gasteiger partial charge in [0.2, 0.25) is 5.91 Å². The standard InChI is InChI=1S/C22H25N3O3S/c1-22(2,3)17-12-9-16(10-13-17)20(27)24-25-21(29)23-19(26)14-11-15-7-5-6-8-18(15)28-4/h5-14H,1-4H3,(H,24,27)(H2,23,25,26,29)/b14-11+. The Bertz CT molecular complexity index is 916. The van der Waals surface area contributed by atoms with Crippen LogP contribution in [0.3, 0.4) is 0 Å². The first kappa shape index (κ1) is 22.1. The van der Waals surface area contributed by atoms with Gasteiger partial charge in [-0.1, -0.05) is 51.1 Å². The summed E-state index contributed by atoms with van der Waals surface area (Å²) < 4.78 is 5.22. The van der Waals surface area contributed by atoms with Crippen LogP contribution in [0.1, 0.15) is 42.3 Å². The van der Waals surface area contributed by atoms with E-state index in [0.29, 0.717) is 11.3 Å². The van der Waals surface area contributed by atoms with E-state index in [0.717, 1.165) is 11.1 Å². The SMILES string of the molecule is COc1ccccc1/C=C/C(=O)NC(=S)NNC(=O)c1ccc(C(C)(C)C)cc1. The van der Waals surface area contributed by atoms with E-state index in [1.807, 2.05) is 30.3 Å². The minimum atomic E-state index is -0.433. The van der Waals surface area contributed by atoms with Crippen LogP contribution in [0, 0.1) is 0 Å². The molecule has 0 saturated heterocycles. The zero-order valence-electron chi connectivity index (χ0n) is 16.9. The molecule has 0 aliphatic rings. The summed E-state index contributed by atoms with van der Waals surface area (Å²) >= 11 is 5.03. The average molecular weight is 412 g/mol. The largest absolute Gasteiger partial charge is 0.496 e. The highest BCUT2D eigenvalue weighted by atomic mass is 32.1. The molecular formula is C22H25N3O3S. The van der Waals surface area contributed by atoms with Gasteiger partial charge >= 0.3 is 0 Å². The van der Waals surface area contributed by atoms with Crippen LogP contribution in [0.25, 0.3) is 6.08 Å².